The van der Waals surface area contributed by atoms with E-state index in [-0.39, 0.29) is 0 Å². The minimum atomic E-state index is -0.924. The predicted octanol–water partition coefficient (Wildman–Crippen LogP) is 5.95. The Morgan fingerprint density at radius 1 is 0.895 bits per heavy atom. The van der Waals surface area contributed by atoms with E-state index in [2.05, 4.69) is 39.8 Å². The Balaban J connectivity index is 4.16. The van der Waals surface area contributed by atoms with Crippen molar-refractivity contribution in [1.82, 2.24) is 0 Å². The summed E-state index contributed by atoms with van der Waals surface area (Å²) in [5.41, 5.74) is 0. The molecule has 0 fully saturated rings. The van der Waals surface area contributed by atoms with Crippen LogP contribution < -0.4 is 0 Å². The predicted molar refractivity (Wildman–Crippen MR) is 91.9 cm³/mol. The zero-order chi connectivity index (χ0) is 14.6. The molecule has 2 heteroatoms. The standard InChI is InChI=1S/C17H36OP/c1-6-10-11-12-13-14-15-16-17(18-5)19(7-2,8-3)9-4/h15-17H,6-14H2,1-5H3/q+1/b16-15+. The molecule has 0 aliphatic heterocycles. The summed E-state index contributed by atoms with van der Waals surface area (Å²) in [6, 6.07) is 0. The van der Waals surface area contributed by atoms with Gasteiger partial charge in [-0.1, -0.05) is 38.7 Å². The molecule has 0 amide bonds. The molecule has 0 saturated heterocycles. The summed E-state index contributed by atoms with van der Waals surface area (Å²) in [6.07, 6.45) is 16.7. The minimum absolute atomic E-state index is 0.392. The maximum atomic E-state index is 5.80. The molecule has 0 aromatic rings. The number of hydrogen-bond acceptors (Lipinski definition) is 1. The van der Waals surface area contributed by atoms with Crippen molar-refractivity contribution in [2.45, 2.75) is 72.1 Å². The number of methoxy groups -OCH3 is 1. The number of ether oxygens (including phenoxy) is 1. The van der Waals surface area contributed by atoms with Crippen LogP contribution in [0, 0.1) is 0 Å². The highest BCUT2D eigenvalue weighted by molar-refractivity contribution is 7.76. The first-order valence-corrected chi connectivity index (χ1v) is 10.7. The molecular weight excluding hydrogens is 251 g/mol. The lowest BCUT2D eigenvalue weighted by atomic mass is 10.1. The number of hydrogen-bond donors (Lipinski definition) is 0. The van der Waals surface area contributed by atoms with Crippen molar-refractivity contribution in [2.75, 3.05) is 25.6 Å². The first-order chi connectivity index (χ1) is 9.20. The van der Waals surface area contributed by atoms with E-state index in [1.54, 1.807) is 0 Å². The van der Waals surface area contributed by atoms with Crippen LogP contribution in [0.4, 0.5) is 0 Å². The maximum absolute atomic E-state index is 5.80. The Labute approximate surface area is 122 Å². The van der Waals surface area contributed by atoms with E-state index < -0.39 is 7.26 Å². The van der Waals surface area contributed by atoms with Crippen LogP contribution in [0.3, 0.4) is 0 Å². The average Bonchev–Trinajstić information content (AvgIpc) is 2.46. The maximum Gasteiger partial charge on any atom is 0.185 e. The van der Waals surface area contributed by atoms with Crippen LogP contribution in [0.1, 0.15) is 66.2 Å². The zero-order valence-corrected chi connectivity index (χ0v) is 14.8. The van der Waals surface area contributed by atoms with Gasteiger partial charge in [-0.2, -0.15) is 0 Å². The van der Waals surface area contributed by atoms with Crippen molar-refractivity contribution in [3.05, 3.63) is 12.2 Å². The van der Waals surface area contributed by atoms with Crippen LogP contribution in [0.25, 0.3) is 0 Å². The summed E-state index contributed by atoms with van der Waals surface area (Å²) in [5, 5.41) is 0. The molecule has 0 rings (SSSR count). The fraction of sp³-hybridized carbons (Fsp3) is 0.882. The van der Waals surface area contributed by atoms with Crippen molar-refractivity contribution in [3.8, 4) is 0 Å². The fourth-order valence-corrected chi connectivity index (χ4v) is 6.13. The number of unbranched alkanes of at least 4 members (excludes halogenated alkanes) is 5. The molecule has 0 saturated carbocycles. The second-order valence-corrected chi connectivity index (χ2v) is 10.3. The minimum Gasteiger partial charge on any atom is -0.344 e. The monoisotopic (exact) mass is 287 g/mol. The van der Waals surface area contributed by atoms with Gasteiger partial charge in [-0.3, -0.25) is 0 Å². The summed E-state index contributed by atoms with van der Waals surface area (Å²) < 4.78 is 5.80. The normalized spacial score (nSPS) is 14.2. The molecule has 1 nitrogen and oxygen atoms in total. The highest BCUT2D eigenvalue weighted by Crippen LogP contribution is 2.62. The Bertz CT molecular complexity index is 213. The third kappa shape index (κ3) is 6.91. The highest BCUT2D eigenvalue weighted by atomic mass is 31.2. The molecular formula is C17H36OP+. The van der Waals surface area contributed by atoms with Gasteiger partial charge >= 0.3 is 0 Å². The molecule has 1 atom stereocenters. The summed E-state index contributed by atoms with van der Waals surface area (Å²) >= 11 is 0. The SMILES string of the molecule is CCCCCCC/C=C/C(OC)[P+](CC)(CC)CC. The van der Waals surface area contributed by atoms with Crippen LogP contribution in [0.2, 0.25) is 0 Å². The van der Waals surface area contributed by atoms with Gasteiger partial charge in [-0.05, 0) is 39.7 Å². The van der Waals surface area contributed by atoms with Gasteiger partial charge in [0.25, 0.3) is 0 Å². The van der Waals surface area contributed by atoms with Gasteiger partial charge in [0, 0.05) is 14.4 Å². The molecule has 0 N–H and O–H groups in total. The van der Waals surface area contributed by atoms with Crippen LogP contribution in [-0.2, 0) is 4.74 Å². The Hall–Kier alpha value is 0.130. The molecule has 0 aromatic carbocycles. The van der Waals surface area contributed by atoms with Gasteiger partial charge in [0.05, 0.1) is 18.5 Å². The largest absolute Gasteiger partial charge is 0.344 e. The van der Waals surface area contributed by atoms with E-state index >= 15 is 0 Å². The van der Waals surface area contributed by atoms with Gasteiger partial charge in [0.1, 0.15) is 0 Å². The topological polar surface area (TPSA) is 9.23 Å². The molecule has 19 heavy (non-hydrogen) atoms. The fourth-order valence-electron chi connectivity index (χ4n) is 2.77. The number of allylic oxidation sites excluding steroid dienone is 1. The van der Waals surface area contributed by atoms with Crippen molar-refractivity contribution in [3.63, 3.8) is 0 Å². The molecule has 0 aliphatic rings. The summed E-state index contributed by atoms with van der Waals surface area (Å²) in [7, 11) is 0.957. The summed E-state index contributed by atoms with van der Waals surface area (Å²) in [5.74, 6) is 0.392. The molecule has 0 aromatic heterocycles. The Morgan fingerprint density at radius 3 is 1.95 bits per heavy atom. The molecule has 0 aliphatic carbocycles. The second kappa shape index (κ2) is 11.9. The first-order valence-electron chi connectivity index (χ1n) is 8.25. The molecule has 114 valence electrons. The quantitative estimate of drug-likeness (QED) is 0.245. The molecule has 1 unspecified atom stereocenters. The smallest absolute Gasteiger partial charge is 0.185 e. The lowest BCUT2D eigenvalue weighted by molar-refractivity contribution is 0.200. The molecule has 0 radical (unpaired) electrons. The van der Waals surface area contributed by atoms with Crippen LogP contribution in [-0.4, -0.2) is 31.4 Å². The summed E-state index contributed by atoms with van der Waals surface area (Å²) in [6.45, 7) is 9.29. The van der Waals surface area contributed by atoms with Crippen LogP contribution >= 0.6 is 7.26 Å². The van der Waals surface area contributed by atoms with Gasteiger partial charge in [0.2, 0.25) is 0 Å². The van der Waals surface area contributed by atoms with E-state index in [1.165, 1.54) is 57.0 Å². The highest BCUT2D eigenvalue weighted by Gasteiger charge is 2.39. The van der Waals surface area contributed by atoms with Crippen molar-refractivity contribution < 1.29 is 4.74 Å². The van der Waals surface area contributed by atoms with Gasteiger partial charge in [0.15, 0.2) is 5.85 Å². The average molecular weight is 287 g/mol. The third-order valence-corrected chi connectivity index (χ3v) is 9.69. The van der Waals surface area contributed by atoms with E-state index in [1.807, 2.05) is 7.11 Å². The lowest BCUT2D eigenvalue weighted by Crippen LogP contribution is -2.19. The zero-order valence-electron chi connectivity index (χ0n) is 14.0. The van der Waals surface area contributed by atoms with Gasteiger partial charge < -0.3 is 4.74 Å². The van der Waals surface area contributed by atoms with Crippen molar-refractivity contribution >= 4 is 7.26 Å². The van der Waals surface area contributed by atoms with Gasteiger partial charge in [-0.15, -0.1) is 0 Å². The van der Waals surface area contributed by atoms with Gasteiger partial charge in [-0.25, -0.2) is 0 Å². The Morgan fingerprint density at radius 2 is 1.47 bits per heavy atom. The van der Waals surface area contributed by atoms with Crippen molar-refractivity contribution in [1.29, 1.82) is 0 Å². The lowest BCUT2D eigenvalue weighted by Gasteiger charge is -2.29. The van der Waals surface area contributed by atoms with Crippen LogP contribution in [0.15, 0.2) is 12.2 Å². The third-order valence-electron chi connectivity index (χ3n) is 4.45. The molecule has 0 spiro atoms. The van der Waals surface area contributed by atoms with Crippen LogP contribution in [0.5, 0.6) is 0 Å². The number of rotatable bonds is 12. The van der Waals surface area contributed by atoms with Crippen molar-refractivity contribution in [2.24, 2.45) is 0 Å². The van der Waals surface area contributed by atoms with E-state index in [0.29, 0.717) is 5.85 Å². The molecule has 0 bridgehead atoms. The van der Waals surface area contributed by atoms with E-state index in [4.69, 9.17) is 4.74 Å². The molecule has 0 heterocycles. The summed E-state index contributed by atoms with van der Waals surface area (Å²) in [4.78, 5) is 0. The first kappa shape index (κ1) is 19.1. The van der Waals surface area contributed by atoms with E-state index in [0.717, 1.165) is 0 Å². The Kier molecular flexibility index (Phi) is 12.0. The van der Waals surface area contributed by atoms with E-state index in [9.17, 15) is 0 Å². The second-order valence-electron chi connectivity index (χ2n) is 5.42.